The molecular weight excluding hydrogens is 512 g/mol. The normalized spacial score (nSPS) is 23.4. The Morgan fingerprint density at radius 1 is 0.923 bits per heavy atom. The van der Waals surface area contributed by atoms with Crippen molar-refractivity contribution in [3.05, 3.63) is 82.6 Å². The van der Waals surface area contributed by atoms with E-state index in [2.05, 4.69) is 0 Å². The van der Waals surface area contributed by atoms with Crippen LogP contribution < -0.4 is 4.90 Å². The number of benzene rings is 2. The van der Waals surface area contributed by atoms with Gasteiger partial charge in [-0.1, -0.05) is 36.4 Å². The molecule has 0 radical (unpaired) electrons. The zero-order valence-electron chi connectivity index (χ0n) is 20.9. The van der Waals surface area contributed by atoms with E-state index >= 15 is 0 Å². The first-order valence-corrected chi connectivity index (χ1v) is 14.0. The number of amides is 2. The smallest absolute Gasteiger partial charge is 0.339 e. The first-order chi connectivity index (χ1) is 19.0. The van der Waals surface area contributed by atoms with Crippen molar-refractivity contribution in [1.82, 2.24) is 4.98 Å². The molecular formula is C31H24N2O5S. The molecule has 2 aromatic carbocycles. The fourth-order valence-corrected chi connectivity index (χ4v) is 7.33. The number of fused-ring (bicyclic) bond motifs is 6. The summed E-state index contributed by atoms with van der Waals surface area (Å²) in [7, 11) is 0. The molecule has 0 unspecified atom stereocenters. The Morgan fingerprint density at radius 3 is 2.44 bits per heavy atom. The third-order valence-corrected chi connectivity index (χ3v) is 9.30. The van der Waals surface area contributed by atoms with Gasteiger partial charge in [-0.15, -0.1) is 11.3 Å². The number of esters is 1. The molecule has 7 nitrogen and oxygen atoms in total. The molecule has 3 heterocycles. The topological polar surface area (TPSA) is 93.6 Å². The predicted molar refractivity (Wildman–Crippen MR) is 146 cm³/mol. The Labute approximate surface area is 228 Å². The van der Waals surface area contributed by atoms with Gasteiger partial charge in [-0.2, -0.15) is 0 Å². The Hall–Kier alpha value is -4.17. The van der Waals surface area contributed by atoms with Gasteiger partial charge in [0.15, 0.2) is 6.61 Å². The maximum Gasteiger partial charge on any atom is 0.339 e. The number of ketones is 1. The van der Waals surface area contributed by atoms with Crippen LogP contribution in [0.1, 0.15) is 39.3 Å². The summed E-state index contributed by atoms with van der Waals surface area (Å²) in [5.41, 5.74) is 2.58. The maximum absolute atomic E-state index is 13.4. The number of anilines is 1. The van der Waals surface area contributed by atoms with E-state index in [4.69, 9.17) is 9.72 Å². The summed E-state index contributed by atoms with van der Waals surface area (Å²) in [5.74, 6) is -0.846. The van der Waals surface area contributed by atoms with Gasteiger partial charge in [0.25, 0.3) is 0 Å². The van der Waals surface area contributed by atoms with Gasteiger partial charge in [-0.3, -0.25) is 19.3 Å². The summed E-state index contributed by atoms with van der Waals surface area (Å²) in [5, 5.41) is 2.41. The molecule has 3 fully saturated rings. The molecule has 7 rings (SSSR count). The number of aromatic nitrogens is 1. The number of hydrogen-bond acceptors (Lipinski definition) is 7. The highest BCUT2D eigenvalue weighted by molar-refractivity contribution is 7.12. The number of carbonyl (C=O) groups excluding carboxylic acids is 4. The highest BCUT2D eigenvalue weighted by Gasteiger charge is 2.61. The summed E-state index contributed by atoms with van der Waals surface area (Å²) in [6.45, 7) is -0.357. The van der Waals surface area contributed by atoms with Crippen LogP contribution in [0.2, 0.25) is 0 Å². The highest BCUT2D eigenvalue weighted by Crippen LogP contribution is 2.56. The molecule has 1 saturated heterocycles. The van der Waals surface area contributed by atoms with Crippen LogP contribution in [0, 0.1) is 23.7 Å². The van der Waals surface area contributed by atoms with Crippen LogP contribution in [-0.2, 0) is 14.3 Å². The van der Waals surface area contributed by atoms with Crippen LogP contribution in [0.4, 0.5) is 5.69 Å². The average Bonchev–Trinajstić information content (AvgIpc) is 3.76. The minimum absolute atomic E-state index is 0.0968. The molecule has 0 N–H and O–H groups in total. The number of imide groups is 1. The Morgan fingerprint density at radius 2 is 1.69 bits per heavy atom. The standard InChI is InChI=1S/C31H24N2O5S/c34-25(26-9-4-12-39-26)16-38-31(37)22-15-24(32-23-8-2-1-7-21(22)23)17-5-3-6-20(14-17)33-29(35)27-18-10-11-19(13-18)28(27)30(33)36/h1-9,12,14-15,18-19,27-28H,10-11,13,16H2/t18-,19-,27+,28+/m0/s1. The van der Waals surface area contributed by atoms with Gasteiger partial charge in [-0.25, -0.2) is 9.78 Å². The Balaban J connectivity index is 1.21. The van der Waals surface area contributed by atoms with Gasteiger partial charge in [-0.05, 0) is 66.8 Å². The maximum atomic E-state index is 13.4. The van der Waals surface area contributed by atoms with Gasteiger partial charge >= 0.3 is 5.97 Å². The Kier molecular flexibility index (Phi) is 5.66. The Bertz CT molecular complexity index is 1630. The molecule has 0 spiro atoms. The van der Waals surface area contributed by atoms with Crippen LogP contribution in [0.15, 0.2) is 72.1 Å². The number of ether oxygens (including phenoxy) is 1. The summed E-state index contributed by atoms with van der Waals surface area (Å²) >= 11 is 1.30. The third-order valence-electron chi connectivity index (χ3n) is 8.39. The van der Waals surface area contributed by atoms with E-state index in [1.54, 1.807) is 53.9 Å². The number of nitrogens with zero attached hydrogens (tertiary/aromatic N) is 2. The monoisotopic (exact) mass is 536 g/mol. The molecule has 4 aromatic rings. The van der Waals surface area contributed by atoms with Crippen LogP contribution in [0.3, 0.4) is 0 Å². The van der Waals surface area contributed by atoms with Crippen LogP contribution in [0.25, 0.3) is 22.2 Å². The zero-order valence-corrected chi connectivity index (χ0v) is 21.7. The number of Topliss-reactive ketones (excluding diaryl/α,β-unsaturated/α-hetero) is 1. The van der Waals surface area contributed by atoms with Gasteiger partial charge < -0.3 is 4.74 Å². The van der Waals surface area contributed by atoms with Crippen molar-refractivity contribution < 1.29 is 23.9 Å². The fourth-order valence-electron chi connectivity index (χ4n) is 6.68. The van der Waals surface area contributed by atoms with E-state index in [1.807, 2.05) is 18.2 Å². The van der Waals surface area contributed by atoms with Crippen molar-refractivity contribution in [2.75, 3.05) is 11.5 Å². The molecule has 4 atom stereocenters. The molecule has 194 valence electrons. The lowest BCUT2D eigenvalue weighted by molar-refractivity contribution is -0.123. The summed E-state index contributed by atoms with van der Waals surface area (Å²) in [6.07, 6.45) is 3.04. The van der Waals surface area contributed by atoms with E-state index < -0.39 is 5.97 Å². The quantitative estimate of drug-likeness (QED) is 0.183. The summed E-state index contributed by atoms with van der Waals surface area (Å²) in [4.78, 5) is 58.9. The lowest BCUT2D eigenvalue weighted by Crippen LogP contribution is -2.32. The number of thiophene rings is 1. The molecule has 3 aliphatic rings. The van der Waals surface area contributed by atoms with E-state index in [0.717, 1.165) is 19.3 Å². The molecule has 2 saturated carbocycles. The lowest BCUT2D eigenvalue weighted by atomic mass is 9.81. The number of carbonyl (C=O) groups is 4. The molecule has 1 aliphatic heterocycles. The second-order valence-electron chi connectivity index (χ2n) is 10.5. The van der Waals surface area contributed by atoms with Crippen molar-refractivity contribution in [3.63, 3.8) is 0 Å². The largest absolute Gasteiger partial charge is 0.454 e. The molecule has 2 aliphatic carbocycles. The van der Waals surface area contributed by atoms with E-state index in [9.17, 15) is 19.2 Å². The van der Waals surface area contributed by atoms with E-state index in [0.29, 0.717) is 50.1 Å². The SMILES string of the molecule is O=C(COC(=O)c1cc(-c2cccc(N3C(=O)[C@@H]4[C@H]5CC[C@@H](C5)[C@H]4C3=O)c2)nc2ccccc12)c1cccs1. The highest BCUT2D eigenvalue weighted by atomic mass is 32.1. The van der Waals surface area contributed by atoms with Gasteiger partial charge in [0.05, 0.1) is 39.2 Å². The number of pyridine rings is 1. The summed E-state index contributed by atoms with van der Waals surface area (Å²) in [6, 6.07) is 19.5. The first-order valence-electron chi connectivity index (χ1n) is 13.1. The molecule has 2 amide bonds. The predicted octanol–water partition coefficient (Wildman–Crippen LogP) is 5.54. The minimum atomic E-state index is -0.621. The molecule has 2 bridgehead atoms. The zero-order chi connectivity index (χ0) is 26.7. The average molecular weight is 537 g/mol. The second kappa shape index (κ2) is 9.24. The van der Waals surface area contributed by atoms with Crippen molar-refractivity contribution in [1.29, 1.82) is 0 Å². The van der Waals surface area contributed by atoms with Gasteiger partial charge in [0.2, 0.25) is 17.6 Å². The van der Waals surface area contributed by atoms with Gasteiger partial charge in [0, 0.05) is 10.9 Å². The van der Waals surface area contributed by atoms with E-state index in [-0.39, 0.29) is 36.0 Å². The van der Waals surface area contributed by atoms with Crippen molar-refractivity contribution in [2.24, 2.45) is 23.7 Å². The lowest BCUT2D eigenvalue weighted by Gasteiger charge is -2.19. The number of para-hydroxylation sites is 1. The minimum Gasteiger partial charge on any atom is -0.454 e. The first kappa shape index (κ1) is 23.9. The van der Waals surface area contributed by atoms with Crippen LogP contribution in [0.5, 0.6) is 0 Å². The van der Waals surface area contributed by atoms with Crippen LogP contribution in [-0.4, -0.2) is 35.2 Å². The molecule has 39 heavy (non-hydrogen) atoms. The van der Waals surface area contributed by atoms with Crippen molar-refractivity contribution in [3.8, 4) is 11.3 Å². The molecule has 2 aromatic heterocycles. The van der Waals surface area contributed by atoms with Gasteiger partial charge in [0.1, 0.15) is 0 Å². The van der Waals surface area contributed by atoms with Crippen molar-refractivity contribution >= 4 is 51.5 Å². The summed E-state index contributed by atoms with van der Waals surface area (Å²) < 4.78 is 5.41. The number of hydrogen-bond donors (Lipinski definition) is 0. The second-order valence-corrected chi connectivity index (χ2v) is 11.4. The third kappa shape index (κ3) is 3.89. The van der Waals surface area contributed by atoms with Crippen molar-refractivity contribution in [2.45, 2.75) is 19.3 Å². The van der Waals surface area contributed by atoms with E-state index in [1.165, 1.54) is 16.2 Å². The fraction of sp³-hybridized carbons (Fsp3) is 0.258. The number of rotatable bonds is 6. The van der Waals surface area contributed by atoms with Crippen LogP contribution >= 0.6 is 11.3 Å². The molecule has 8 heteroatoms.